The Balaban J connectivity index is 1.74. The third kappa shape index (κ3) is 3.01. The maximum atomic E-state index is 13.2. The molecular formula is C20H20N4O3. The number of amides is 1. The molecule has 2 aromatic heterocycles. The van der Waals surface area contributed by atoms with Crippen LogP contribution in [0.25, 0.3) is 0 Å². The predicted molar refractivity (Wildman–Crippen MR) is 99.8 cm³/mol. The van der Waals surface area contributed by atoms with Gasteiger partial charge in [-0.1, -0.05) is 12.1 Å². The van der Waals surface area contributed by atoms with Crippen molar-refractivity contribution in [1.82, 2.24) is 19.9 Å². The lowest BCUT2D eigenvalue weighted by Crippen LogP contribution is -2.41. The molecule has 3 N–H and O–H groups in total. The third-order valence-corrected chi connectivity index (χ3v) is 4.97. The van der Waals surface area contributed by atoms with Crippen molar-refractivity contribution in [3.8, 4) is 5.75 Å². The summed E-state index contributed by atoms with van der Waals surface area (Å²) < 4.78 is 0. The highest BCUT2D eigenvalue weighted by Crippen LogP contribution is 2.33. The summed E-state index contributed by atoms with van der Waals surface area (Å²) in [6.07, 6.45) is 1.61. The average molecular weight is 364 g/mol. The molecule has 1 atom stereocenters. The summed E-state index contributed by atoms with van der Waals surface area (Å²) in [4.78, 5) is 37.4. The fourth-order valence-corrected chi connectivity index (χ4v) is 3.76. The SMILES string of the molecule is Cc1cc(C)c(C(=O)N2Cc3[nH]cnc3C(c3cccc(O)c3)C2)c(=O)[nH]1. The Morgan fingerprint density at radius 1 is 1.30 bits per heavy atom. The first-order chi connectivity index (χ1) is 12.9. The number of phenolic OH excluding ortho intramolecular Hbond substituents is 1. The van der Waals surface area contributed by atoms with Crippen LogP contribution in [-0.4, -0.2) is 37.4 Å². The van der Waals surface area contributed by atoms with Crippen LogP contribution in [0.5, 0.6) is 5.75 Å². The summed E-state index contributed by atoms with van der Waals surface area (Å²) in [6.45, 7) is 4.30. The predicted octanol–water partition coefficient (Wildman–Crippen LogP) is 2.21. The normalized spacial score (nSPS) is 16.2. The standard InChI is InChI=1S/C20H20N4O3/c1-11-6-12(2)23-19(26)17(11)20(27)24-8-15(13-4-3-5-14(25)7-13)18-16(9-24)21-10-22-18/h3-7,10,15,25H,8-9H2,1-2H3,(H,21,22)(H,23,26). The van der Waals surface area contributed by atoms with Crippen LogP contribution in [0.3, 0.4) is 0 Å². The van der Waals surface area contributed by atoms with Crippen LogP contribution in [0.2, 0.25) is 0 Å². The molecule has 4 rings (SSSR count). The fraction of sp³-hybridized carbons (Fsp3) is 0.250. The highest BCUT2D eigenvalue weighted by Gasteiger charge is 2.33. The zero-order valence-corrected chi connectivity index (χ0v) is 15.1. The molecule has 0 radical (unpaired) electrons. The molecule has 0 fully saturated rings. The minimum Gasteiger partial charge on any atom is -0.508 e. The van der Waals surface area contributed by atoms with Crippen LogP contribution in [0, 0.1) is 13.8 Å². The Bertz CT molecular complexity index is 1080. The van der Waals surface area contributed by atoms with Gasteiger partial charge in [-0.2, -0.15) is 0 Å². The van der Waals surface area contributed by atoms with Crippen molar-refractivity contribution in [2.24, 2.45) is 0 Å². The van der Waals surface area contributed by atoms with E-state index < -0.39 is 0 Å². The molecule has 1 aromatic carbocycles. The number of fused-ring (bicyclic) bond motifs is 1. The topological polar surface area (TPSA) is 102 Å². The van der Waals surface area contributed by atoms with Gasteiger partial charge in [-0.05, 0) is 43.2 Å². The molecule has 27 heavy (non-hydrogen) atoms. The molecule has 3 aromatic rings. The van der Waals surface area contributed by atoms with Gasteiger partial charge in [0, 0.05) is 18.2 Å². The second-order valence-electron chi connectivity index (χ2n) is 6.94. The minimum absolute atomic E-state index is 0.165. The first-order valence-electron chi connectivity index (χ1n) is 8.75. The number of benzene rings is 1. The maximum absolute atomic E-state index is 13.2. The van der Waals surface area contributed by atoms with Crippen LogP contribution >= 0.6 is 0 Å². The Hall–Kier alpha value is -3.35. The molecule has 7 heteroatoms. The summed E-state index contributed by atoms with van der Waals surface area (Å²) in [7, 11) is 0. The van der Waals surface area contributed by atoms with Crippen LogP contribution in [0.15, 0.2) is 41.5 Å². The van der Waals surface area contributed by atoms with Gasteiger partial charge in [-0.25, -0.2) is 4.98 Å². The Morgan fingerprint density at radius 3 is 2.85 bits per heavy atom. The zero-order chi connectivity index (χ0) is 19.1. The quantitative estimate of drug-likeness (QED) is 0.649. The van der Waals surface area contributed by atoms with Crippen molar-refractivity contribution < 1.29 is 9.90 Å². The molecule has 138 valence electrons. The minimum atomic E-state index is -0.373. The van der Waals surface area contributed by atoms with Crippen molar-refractivity contribution in [2.45, 2.75) is 26.3 Å². The molecule has 0 spiro atoms. The fourth-order valence-electron chi connectivity index (χ4n) is 3.76. The molecule has 1 aliphatic heterocycles. The van der Waals surface area contributed by atoms with E-state index in [0.717, 1.165) is 22.6 Å². The molecule has 1 aliphatic rings. The number of nitrogens with one attached hydrogen (secondary N) is 2. The van der Waals surface area contributed by atoms with Gasteiger partial charge in [0.25, 0.3) is 11.5 Å². The van der Waals surface area contributed by atoms with Crippen LogP contribution in [0.4, 0.5) is 0 Å². The van der Waals surface area contributed by atoms with Crippen LogP contribution in [0.1, 0.15) is 44.5 Å². The van der Waals surface area contributed by atoms with E-state index in [4.69, 9.17) is 0 Å². The van der Waals surface area contributed by atoms with Crippen molar-refractivity contribution in [2.75, 3.05) is 6.54 Å². The maximum Gasteiger partial charge on any atom is 0.261 e. The molecule has 0 saturated heterocycles. The van der Waals surface area contributed by atoms with Gasteiger partial charge >= 0.3 is 0 Å². The van der Waals surface area contributed by atoms with Gasteiger partial charge in [0.05, 0.1) is 24.3 Å². The number of carbonyl (C=O) groups is 1. The average Bonchev–Trinajstić information content (AvgIpc) is 3.08. The number of H-pyrrole nitrogens is 2. The summed E-state index contributed by atoms with van der Waals surface area (Å²) >= 11 is 0. The zero-order valence-electron chi connectivity index (χ0n) is 15.1. The molecule has 3 heterocycles. The van der Waals surface area contributed by atoms with E-state index in [9.17, 15) is 14.7 Å². The van der Waals surface area contributed by atoms with Gasteiger partial charge in [0.15, 0.2) is 0 Å². The molecular weight excluding hydrogens is 344 g/mol. The number of aromatic amines is 2. The van der Waals surface area contributed by atoms with Crippen molar-refractivity contribution in [3.63, 3.8) is 0 Å². The monoisotopic (exact) mass is 364 g/mol. The largest absolute Gasteiger partial charge is 0.508 e. The van der Waals surface area contributed by atoms with Crippen LogP contribution < -0.4 is 5.56 Å². The summed E-state index contributed by atoms with van der Waals surface area (Å²) in [5.74, 6) is -0.320. The van der Waals surface area contributed by atoms with E-state index in [1.165, 1.54) is 0 Å². The van der Waals surface area contributed by atoms with E-state index in [1.807, 2.05) is 6.07 Å². The molecule has 1 unspecified atom stereocenters. The number of carbonyl (C=O) groups excluding carboxylic acids is 1. The second kappa shape index (κ2) is 6.42. The first kappa shape index (κ1) is 17.1. The lowest BCUT2D eigenvalue weighted by Gasteiger charge is -2.32. The number of phenols is 1. The van der Waals surface area contributed by atoms with E-state index >= 15 is 0 Å². The summed E-state index contributed by atoms with van der Waals surface area (Å²) in [6, 6.07) is 8.76. The van der Waals surface area contributed by atoms with Gasteiger partial charge in [0.2, 0.25) is 0 Å². The Labute approximate surface area is 155 Å². The second-order valence-corrected chi connectivity index (χ2v) is 6.94. The third-order valence-electron chi connectivity index (χ3n) is 4.97. The number of imidazole rings is 1. The number of aromatic hydroxyl groups is 1. The summed E-state index contributed by atoms with van der Waals surface area (Å²) in [5, 5.41) is 9.84. The number of aromatic nitrogens is 3. The molecule has 0 bridgehead atoms. The molecule has 0 saturated carbocycles. The van der Waals surface area contributed by atoms with Crippen molar-refractivity contribution in [3.05, 3.63) is 80.8 Å². The molecule has 0 aliphatic carbocycles. The number of nitrogens with zero attached hydrogens (tertiary/aromatic N) is 2. The smallest absolute Gasteiger partial charge is 0.261 e. The van der Waals surface area contributed by atoms with E-state index in [0.29, 0.717) is 18.7 Å². The van der Waals surface area contributed by atoms with E-state index in [1.54, 1.807) is 49.3 Å². The molecule has 1 amide bonds. The number of pyridine rings is 1. The van der Waals surface area contributed by atoms with Gasteiger partial charge in [-0.3, -0.25) is 9.59 Å². The van der Waals surface area contributed by atoms with Gasteiger partial charge in [-0.15, -0.1) is 0 Å². The van der Waals surface area contributed by atoms with E-state index in [-0.39, 0.29) is 28.7 Å². The lowest BCUT2D eigenvalue weighted by atomic mass is 9.90. The van der Waals surface area contributed by atoms with E-state index in [2.05, 4.69) is 15.0 Å². The Kier molecular flexibility index (Phi) is 4.07. The Morgan fingerprint density at radius 2 is 2.11 bits per heavy atom. The first-order valence-corrected chi connectivity index (χ1v) is 8.75. The van der Waals surface area contributed by atoms with Gasteiger partial charge in [0.1, 0.15) is 11.3 Å². The number of rotatable bonds is 2. The highest BCUT2D eigenvalue weighted by atomic mass is 16.3. The number of aryl methyl sites for hydroxylation is 2. The number of hydrogen-bond acceptors (Lipinski definition) is 4. The molecule has 7 nitrogen and oxygen atoms in total. The van der Waals surface area contributed by atoms with Gasteiger partial charge < -0.3 is 20.0 Å². The van der Waals surface area contributed by atoms with Crippen molar-refractivity contribution >= 4 is 5.91 Å². The number of hydrogen-bond donors (Lipinski definition) is 3. The summed E-state index contributed by atoms with van der Waals surface area (Å²) in [5.41, 5.74) is 3.74. The van der Waals surface area contributed by atoms with Crippen molar-refractivity contribution in [1.29, 1.82) is 0 Å². The van der Waals surface area contributed by atoms with Crippen LogP contribution in [-0.2, 0) is 6.54 Å². The highest BCUT2D eigenvalue weighted by molar-refractivity contribution is 5.95. The lowest BCUT2D eigenvalue weighted by molar-refractivity contribution is 0.0719.